The molecule has 0 unspecified atom stereocenters. The van der Waals surface area contributed by atoms with Gasteiger partial charge in [-0.3, -0.25) is 9.58 Å². The van der Waals surface area contributed by atoms with E-state index in [0.717, 1.165) is 25.9 Å². The Labute approximate surface area is 137 Å². The van der Waals surface area contributed by atoms with Crippen LogP contribution in [0.5, 0.6) is 0 Å². The van der Waals surface area contributed by atoms with Crippen molar-refractivity contribution in [3.8, 4) is 0 Å². The normalized spacial score (nSPS) is 19.7. The highest BCUT2D eigenvalue weighted by molar-refractivity contribution is 7.91. The lowest BCUT2D eigenvalue weighted by atomic mass is 10.0. The average molecular weight is 334 g/mol. The van der Waals surface area contributed by atoms with Gasteiger partial charge in [0, 0.05) is 18.8 Å². The van der Waals surface area contributed by atoms with Gasteiger partial charge in [0.2, 0.25) is 0 Å². The van der Waals surface area contributed by atoms with E-state index in [1.807, 2.05) is 16.9 Å². The molecule has 0 amide bonds. The fraction of sp³-hybridized carbons (Fsp3) is 0.500. The van der Waals surface area contributed by atoms with Crippen molar-refractivity contribution >= 4 is 9.84 Å². The van der Waals surface area contributed by atoms with Gasteiger partial charge in [0.25, 0.3) is 0 Å². The smallest absolute Gasteiger partial charge is 0.179 e. The molecule has 0 bridgehead atoms. The zero-order valence-corrected chi connectivity index (χ0v) is 13.9. The highest BCUT2D eigenvalue weighted by Gasteiger charge is 2.25. The van der Waals surface area contributed by atoms with E-state index in [-0.39, 0.29) is 5.75 Å². The summed E-state index contributed by atoms with van der Waals surface area (Å²) in [5.74, 6) is 0.158. The Hall–Kier alpha value is -1.73. The molecule has 1 aliphatic rings. The van der Waals surface area contributed by atoms with Crippen LogP contribution in [-0.2, 0) is 16.4 Å². The SMILES string of the molecule is O=S(=O)(CCN1CCCC[C@@H]1Cn1ccnn1)c1ccccc1. The lowest BCUT2D eigenvalue weighted by Crippen LogP contribution is -2.44. The maximum Gasteiger partial charge on any atom is 0.179 e. The molecule has 0 saturated carbocycles. The van der Waals surface area contributed by atoms with Crippen LogP contribution in [0.25, 0.3) is 0 Å². The van der Waals surface area contributed by atoms with Crippen molar-refractivity contribution in [3.05, 3.63) is 42.7 Å². The van der Waals surface area contributed by atoms with Gasteiger partial charge in [-0.25, -0.2) is 8.42 Å². The van der Waals surface area contributed by atoms with E-state index in [4.69, 9.17) is 0 Å². The van der Waals surface area contributed by atoms with Gasteiger partial charge in [-0.2, -0.15) is 0 Å². The molecule has 1 aliphatic heterocycles. The highest BCUT2D eigenvalue weighted by atomic mass is 32.2. The number of piperidine rings is 1. The van der Waals surface area contributed by atoms with E-state index in [1.54, 1.807) is 30.5 Å². The molecule has 7 heteroatoms. The van der Waals surface area contributed by atoms with Crippen molar-refractivity contribution in [2.75, 3.05) is 18.8 Å². The summed E-state index contributed by atoms with van der Waals surface area (Å²) in [6.45, 7) is 2.28. The van der Waals surface area contributed by atoms with Crippen LogP contribution in [0.2, 0.25) is 0 Å². The second kappa shape index (κ2) is 7.23. The fourth-order valence-electron chi connectivity index (χ4n) is 3.09. The zero-order chi connectivity index (χ0) is 16.1. The third-order valence-corrected chi connectivity index (χ3v) is 6.08. The minimum absolute atomic E-state index is 0.158. The molecule has 1 aromatic carbocycles. The first-order chi connectivity index (χ1) is 11.1. The van der Waals surface area contributed by atoms with Crippen LogP contribution in [0.1, 0.15) is 19.3 Å². The van der Waals surface area contributed by atoms with Crippen LogP contribution in [0.4, 0.5) is 0 Å². The van der Waals surface area contributed by atoms with E-state index in [0.29, 0.717) is 17.5 Å². The van der Waals surface area contributed by atoms with E-state index >= 15 is 0 Å². The second-order valence-electron chi connectivity index (χ2n) is 5.94. The van der Waals surface area contributed by atoms with E-state index < -0.39 is 9.84 Å². The van der Waals surface area contributed by atoms with Crippen LogP contribution in [0.15, 0.2) is 47.6 Å². The van der Waals surface area contributed by atoms with Gasteiger partial charge >= 0.3 is 0 Å². The molecule has 0 spiro atoms. The Kier molecular flexibility index (Phi) is 5.07. The summed E-state index contributed by atoms with van der Waals surface area (Å²) in [6, 6.07) is 9.02. The lowest BCUT2D eigenvalue weighted by Gasteiger charge is -2.35. The standard InChI is InChI=1S/C16H22N4O2S/c21-23(22,16-7-2-1-3-8-16)13-12-19-10-5-4-6-15(19)14-20-11-9-17-18-20/h1-3,7-9,11,15H,4-6,10,12-14H2/t15-/m1/s1. The summed E-state index contributed by atoms with van der Waals surface area (Å²) in [7, 11) is -3.22. The summed E-state index contributed by atoms with van der Waals surface area (Å²) in [5, 5.41) is 7.86. The minimum Gasteiger partial charge on any atom is -0.298 e. The monoisotopic (exact) mass is 334 g/mol. The molecule has 2 heterocycles. The number of likely N-dealkylation sites (tertiary alicyclic amines) is 1. The quantitative estimate of drug-likeness (QED) is 0.803. The summed E-state index contributed by atoms with van der Waals surface area (Å²) in [6.07, 6.45) is 6.91. The Morgan fingerprint density at radius 3 is 2.74 bits per heavy atom. The van der Waals surface area contributed by atoms with Crippen LogP contribution < -0.4 is 0 Å². The molecule has 6 nitrogen and oxygen atoms in total. The number of nitrogens with zero attached hydrogens (tertiary/aromatic N) is 4. The zero-order valence-electron chi connectivity index (χ0n) is 13.1. The topological polar surface area (TPSA) is 68.1 Å². The molecule has 0 radical (unpaired) electrons. The van der Waals surface area contributed by atoms with Crippen molar-refractivity contribution in [1.29, 1.82) is 0 Å². The van der Waals surface area contributed by atoms with Gasteiger partial charge in [-0.05, 0) is 31.5 Å². The Morgan fingerprint density at radius 2 is 2.00 bits per heavy atom. The maximum atomic E-state index is 12.4. The molecular weight excluding hydrogens is 312 g/mol. The lowest BCUT2D eigenvalue weighted by molar-refractivity contribution is 0.137. The predicted octanol–water partition coefficient (Wildman–Crippen LogP) is 1.61. The predicted molar refractivity (Wildman–Crippen MR) is 87.7 cm³/mol. The minimum atomic E-state index is -3.22. The van der Waals surface area contributed by atoms with E-state index in [9.17, 15) is 8.42 Å². The summed E-state index contributed by atoms with van der Waals surface area (Å²) in [4.78, 5) is 2.69. The molecule has 0 aliphatic carbocycles. The third-order valence-electron chi connectivity index (χ3n) is 4.37. The van der Waals surface area contributed by atoms with Crippen molar-refractivity contribution in [3.63, 3.8) is 0 Å². The number of rotatable bonds is 6. The molecule has 3 rings (SSSR count). The molecular formula is C16H22N4O2S. The van der Waals surface area contributed by atoms with Gasteiger partial charge in [-0.15, -0.1) is 5.10 Å². The molecule has 0 N–H and O–H groups in total. The fourth-order valence-corrected chi connectivity index (χ4v) is 4.37. The van der Waals surface area contributed by atoms with Gasteiger partial charge in [-0.1, -0.05) is 29.8 Å². The van der Waals surface area contributed by atoms with Crippen LogP contribution in [-0.4, -0.2) is 53.2 Å². The number of hydrogen-bond acceptors (Lipinski definition) is 5. The van der Waals surface area contributed by atoms with Crippen molar-refractivity contribution in [2.45, 2.75) is 36.7 Å². The van der Waals surface area contributed by atoms with Crippen molar-refractivity contribution in [2.24, 2.45) is 0 Å². The Bertz CT molecular complexity index is 701. The summed E-state index contributed by atoms with van der Waals surface area (Å²) < 4.78 is 26.7. The molecule has 2 aromatic rings. The number of sulfone groups is 1. The van der Waals surface area contributed by atoms with Gasteiger partial charge in [0.05, 0.1) is 23.4 Å². The van der Waals surface area contributed by atoms with E-state index in [1.165, 1.54) is 6.42 Å². The maximum absolute atomic E-state index is 12.4. The molecule has 1 fully saturated rings. The second-order valence-corrected chi connectivity index (χ2v) is 8.05. The van der Waals surface area contributed by atoms with Gasteiger partial charge < -0.3 is 0 Å². The Morgan fingerprint density at radius 1 is 1.17 bits per heavy atom. The van der Waals surface area contributed by atoms with Crippen molar-refractivity contribution in [1.82, 2.24) is 19.9 Å². The molecule has 1 aromatic heterocycles. The van der Waals surface area contributed by atoms with E-state index in [2.05, 4.69) is 15.2 Å². The van der Waals surface area contributed by atoms with Gasteiger partial charge in [0.15, 0.2) is 9.84 Å². The molecule has 23 heavy (non-hydrogen) atoms. The summed E-state index contributed by atoms with van der Waals surface area (Å²) >= 11 is 0. The molecule has 124 valence electrons. The largest absolute Gasteiger partial charge is 0.298 e. The van der Waals surface area contributed by atoms with Crippen LogP contribution in [0, 0.1) is 0 Å². The summed E-state index contributed by atoms with van der Waals surface area (Å²) in [5.41, 5.74) is 0. The average Bonchev–Trinajstić information content (AvgIpc) is 3.08. The first-order valence-electron chi connectivity index (χ1n) is 8.01. The van der Waals surface area contributed by atoms with Crippen LogP contribution in [0.3, 0.4) is 0 Å². The van der Waals surface area contributed by atoms with Crippen LogP contribution >= 0.6 is 0 Å². The first-order valence-corrected chi connectivity index (χ1v) is 9.66. The number of aromatic nitrogens is 3. The highest BCUT2D eigenvalue weighted by Crippen LogP contribution is 2.19. The number of benzene rings is 1. The van der Waals surface area contributed by atoms with Crippen molar-refractivity contribution < 1.29 is 8.42 Å². The first kappa shape index (κ1) is 16.1. The Balaban J connectivity index is 1.63. The third kappa shape index (κ3) is 4.17. The van der Waals surface area contributed by atoms with Gasteiger partial charge in [0.1, 0.15) is 0 Å². The number of hydrogen-bond donors (Lipinski definition) is 0. The molecule has 1 atom stereocenters. The molecule has 1 saturated heterocycles.